The number of anilines is 2. The number of piperazine rings is 1. The Labute approximate surface area is 172 Å². The highest BCUT2D eigenvalue weighted by atomic mass is 28.3. The molecule has 1 fully saturated rings. The van der Waals surface area contributed by atoms with Crippen LogP contribution in [0.1, 0.15) is 17.3 Å². The predicted molar refractivity (Wildman–Crippen MR) is 118 cm³/mol. The summed E-state index contributed by atoms with van der Waals surface area (Å²) in [4.78, 5) is 32.2. The molecular weight excluding hydrogens is 384 g/mol. The molecule has 0 saturated carbocycles. The van der Waals surface area contributed by atoms with E-state index in [4.69, 9.17) is 0 Å². The Hall–Kier alpha value is -2.87. The van der Waals surface area contributed by atoms with E-state index in [9.17, 15) is 14.7 Å². The Morgan fingerprint density at radius 3 is 2.41 bits per heavy atom. The fourth-order valence-electron chi connectivity index (χ4n) is 3.52. The van der Waals surface area contributed by atoms with Crippen LogP contribution < -0.4 is 15.4 Å². The zero-order chi connectivity index (χ0) is 21.2. The first kappa shape index (κ1) is 20.9. The number of hydrogen-bond acceptors (Lipinski definition) is 4. The molecule has 1 aromatic carbocycles. The Morgan fingerprint density at radius 2 is 1.83 bits per heavy atom. The Kier molecular flexibility index (Phi) is 5.93. The summed E-state index contributed by atoms with van der Waals surface area (Å²) in [6.07, 6.45) is 1.59. The molecule has 2 aromatic rings. The molecule has 1 unspecified atom stereocenters. The number of rotatable bonds is 4. The number of pyridine rings is 1. The second-order valence-electron chi connectivity index (χ2n) is 8.43. The summed E-state index contributed by atoms with van der Waals surface area (Å²) in [5.41, 5.74) is 0.963. The van der Waals surface area contributed by atoms with Gasteiger partial charge in [0, 0.05) is 37.6 Å². The first-order valence-corrected chi connectivity index (χ1v) is 13.3. The Morgan fingerprint density at radius 1 is 1.14 bits per heavy atom. The summed E-state index contributed by atoms with van der Waals surface area (Å²) in [5.74, 6) is -0.545. The van der Waals surface area contributed by atoms with Crippen LogP contribution in [0.4, 0.5) is 16.3 Å². The zero-order valence-electron chi connectivity index (χ0n) is 17.3. The number of carbonyl (C=O) groups excluding carboxylic acids is 1. The molecule has 0 radical (unpaired) electrons. The minimum atomic E-state index is -1.37. The van der Waals surface area contributed by atoms with Gasteiger partial charge in [-0.3, -0.25) is 0 Å². The van der Waals surface area contributed by atoms with Gasteiger partial charge in [-0.05, 0) is 31.2 Å². The van der Waals surface area contributed by atoms with E-state index in [-0.39, 0.29) is 17.6 Å². The highest BCUT2D eigenvalue weighted by Gasteiger charge is 2.30. The smallest absolute Gasteiger partial charge is 0.339 e. The summed E-state index contributed by atoms with van der Waals surface area (Å²) < 4.78 is 0. The van der Waals surface area contributed by atoms with Gasteiger partial charge in [0.1, 0.15) is 11.4 Å². The average Bonchev–Trinajstić information content (AvgIpc) is 2.67. The van der Waals surface area contributed by atoms with Gasteiger partial charge in [-0.2, -0.15) is 0 Å². The van der Waals surface area contributed by atoms with Crippen molar-refractivity contribution in [1.82, 2.24) is 9.88 Å². The minimum Gasteiger partial charge on any atom is -0.478 e. The second-order valence-corrected chi connectivity index (χ2v) is 13.5. The van der Waals surface area contributed by atoms with Gasteiger partial charge in [0.2, 0.25) is 0 Å². The highest BCUT2D eigenvalue weighted by molar-refractivity contribution is 6.88. The number of amides is 2. The number of aromatic nitrogens is 1. The van der Waals surface area contributed by atoms with Crippen molar-refractivity contribution in [3.05, 3.63) is 48.2 Å². The van der Waals surface area contributed by atoms with Crippen molar-refractivity contribution in [3.63, 3.8) is 0 Å². The second kappa shape index (κ2) is 8.24. The lowest BCUT2D eigenvalue weighted by Gasteiger charge is -2.40. The fraction of sp³-hybridized carbons (Fsp3) is 0.381. The van der Waals surface area contributed by atoms with E-state index >= 15 is 0 Å². The third-order valence-electron chi connectivity index (χ3n) is 5.21. The van der Waals surface area contributed by atoms with Crippen LogP contribution in [0, 0.1) is 0 Å². The van der Waals surface area contributed by atoms with Gasteiger partial charge in [-0.25, -0.2) is 14.6 Å². The van der Waals surface area contributed by atoms with Crippen LogP contribution in [0.2, 0.25) is 19.6 Å². The molecule has 1 aliphatic heterocycles. The number of benzene rings is 1. The van der Waals surface area contributed by atoms with Crippen LogP contribution >= 0.6 is 0 Å². The molecule has 1 aliphatic rings. The molecule has 0 aliphatic carbocycles. The average molecular weight is 413 g/mol. The molecule has 2 N–H and O–H groups in total. The van der Waals surface area contributed by atoms with Gasteiger partial charge in [-0.1, -0.05) is 37.0 Å². The van der Waals surface area contributed by atoms with E-state index in [1.807, 2.05) is 24.0 Å². The number of carbonyl (C=O) groups is 2. The molecule has 29 heavy (non-hydrogen) atoms. The number of urea groups is 1. The fourth-order valence-corrected chi connectivity index (χ4v) is 4.68. The number of carboxylic acids is 1. The summed E-state index contributed by atoms with van der Waals surface area (Å²) in [6, 6.07) is 11.1. The molecule has 0 spiro atoms. The van der Waals surface area contributed by atoms with Crippen molar-refractivity contribution >= 4 is 36.8 Å². The first-order valence-electron chi connectivity index (χ1n) is 9.78. The maximum atomic E-state index is 12.8. The molecule has 2 amide bonds. The van der Waals surface area contributed by atoms with Gasteiger partial charge in [0.25, 0.3) is 0 Å². The van der Waals surface area contributed by atoms with Gasteiger partial charge in [0.05, 0.1) is 8.07 Å². The number of nitrogens with zero attached hydrogens (tertiary/aromatic N) is 3. The van der Waals surface area contributed by atoms with E-state index in [1.54, 1.807) is 23.2 Å². The van der Waals surface area contributed by atoms with Crippen LogP contribution in [-0.2, 0) is 0 Å². The number of aromatic carboxylic acids is 1. The van der Waals surface area contributed by atoms with Gasteiger partial charge in [0.15, 0.2) is 0 Å². The summed E-state index contributed by atoms with van der Waals surface area (Å²) in [6.45, 7) is 10.4. The molecular formula is C21H28N4O3Si. The van der Waals surface area contributed by atoms with E-state index < -0.39 is 14.0 Å². The number of carboxylic acid groups (broad SMARTS) is 1. The molecule has 7 nitrogen and oxygen atoms in total. The number of nitrogens with one attached hydrogen (secondary N) is 1. The van der Waals surface area contributed by atoms with Gasteiger partial charge >= 0.3 is 12.0 Å². The Bertz CT molecular complexity index is 896. The van der Waals surface area contributed by atoms with Crippen LogP contribution in [-0.4, -0.2) is 60.7 Å². The normalized spacial score (nSPS) is 17.2. The van der Waals surface area contributed by atoms with E-state index in [0.717, 1.165) is 5.69 Å². The van der Waals surface area contributed by atoms with E-state index in [0.29, 0.717) is 25.5 Å². The maximum absolute atomic E-state index is 12.8. The largest absolute Gasteiger partial charge is 0.478 e. The topological polar surface area (TPSA) is 85.8 Å². The summed E-state index contributed by atoms with van der Waals surface area (Å²) in [5, 5.41) is 13.7. The van der Waals surface area contributed by atoms with Crippen molar-refractivity contribution in [1.29, 1.82) is 0 Å². The quantitative estimate of drug-likeness (QED) is 0.754. The molecule has 3 rings (SSSR count). The maximum Gasteiger partial charge on any atom is 0.339 e. The molecule has 8 heteroatoms. The van der Waals surface area contributed by atoms with Gasteiger partial charge in [-0.15, -0.1) is 0 Å². The highest BCUT2D eigenvalue weighted by Crippen LogP contribution is 2.22. The molecule has 1 atom stereocenters. The third kappa shape index (κ3) is 4.76. The molecule has 154 valence electrons. The van der Waals surface area contributed by atoms with Crippen molar-refractivity contribution in [2.75, 3.05) is 29.9 Å². The van der Waals surface area contributed by atoms with Crippen molar-refractivity contribution in [3.8, 4) is 0 Å². The standard InChI is InChI=1S/C21H28N4O3Si/c1-15-14-24(19-18(20(26)27)6-5-11-22-19)12-13-25(15)21(28)23-16-7-9-17(10-8-16)29(2,3)4/h5-11,15H,12-14H2,1-4H3,(H,23,28)(H,26,27). The van der Waals surface area contributed by atoms with Crippen LogP contribution in [0.3, 0.4) is 0 Å². The lowest BCUT2D eigenvalue weighted by atomic mass is 10.1. The van der Waals surface area contributed by atoms with Gasteiger partial charge < -0.3 is 20.2 Å². The number of hydrogen-bond donors (Lipinski definition) is 2. The first-order chi connectivity index (χ1) is 13.7. The van der Waals surface area contributed by atoms with E-state index in [2.05, 4.69) is 42.1 Å². The summed E-state index contributed by atoms with van der Waals surface area (Å²) in [7, 11) is -1.37. The molecule has 1 saturated heterocycles. The molecule has 2 heterocycles. The van der Waals surface area contributed by atoms with Crippen LogP contribution in [0.5, 0.6) is 0 Å². The van der Waals surface area contributed by atoms with Crippen molar-refractivity contribution < 1.29 is 14.7 Å². The predicted octanol–water partition coefficient (Wildman–Crippen LogP) is 3.07. The lowest BCUT2D eigenvalue weighted by Crippen LogP contribution is -2.55. The zero-order valence-corrected chi connectivity index (χ0v) is 18.3. The van der Waals surface area contributed by atoms with Crippen LogP contribution in [0.15, 0.2) is 42.6 Å². The third-order valence-corrected chi connectivity index (χ3v) is 7.27. The van der Waals surface area contributed by atoms with E-state index in [1.165, 1.54) is 5.19 Å². The van der Waals surface area contributed by atoms with Crippen molar-refractivity contribution in [2.24, 2.45) is 0 Å². The summed E-state index contributed by atoms with van der Waals surface area (Å²) >= 11 is 0. The molecule has 1 aromatic heterocycles. The lowest BCUT2D eigenvalue weighted by molar-refractivity contribution is 0.0696. The SMILES string of the molecule is CC1CN(c2ncccc2C(=O)O)CCN1C(=O)Nc1ccc([Si](C)(C)C)cc1. The monoisotopic (exact) mass is 412 g/mol. The Balaban J connectivity index is 1.65. The minimum absolute atomic E-state index is 0.0753. The van der Waals surface area contributed by atoms with Crippen LogP contribution in [0.25, 0.3) is 0 Å². The molecule has 0 bridgehead atoms. The van der Waals surface area contributed by atoms with Crippen molar-refractivity contribution in [2.45, 2.75) is 32.6 Å².